The predicted octanol–water partition coefficient (Wildman–Crippen LogP) is 2.53. The summed E-state index contributed by atoms with van der Waals surface area (Å²) in [6.07, 6.45) is 0.222. The molecule has 0 saturated carbocycles. The van der Waals surface area contributed by atoms with Crippen LogP contribution in [0.25, 0.3) is 0 Å². The quantitative estimate of drug-likeness (QED) is 0.732. The second kappa shape index (κ2) is 11.7. The molecular weight excluding hydrogens is 421 g/mol. The smallest absolute Gasteiger partial charge is 0.224 e. The molecule has 0 spiro atoms. The molecule has 0 bridgehead atoms. The lowest BCUT2D eigenvalue weighted by Crippen LogP contribution is -2.66. The second-order valence-electron chi connectivity index (χ2n) is 7.73. The van der Waals surface area contributed by atoms with Gasteiger partial charge in [0.05, 0.1) is 6.61 Å². The first-order chi connectivity index (χ1) is 13.8. The first-order valence-electron chi connectivity index (χ1n) is 10.2. The van der Waals surface area contributed by atoms with Crippen LogP contribution in [-0.4, -0.2) is 72.2 Å². The van der Waals surface area contributed by atoms with E-state index in [0.29, 0.717) is 12.1 Å². The third-order valence-corrected chi connectivity index (χ3v) is 6.07. The Labute approximate surface area is 191 Å². The van der Waals surface area contributed by atoms with E-state index in [1.165, 1.54) is 11.1 Å². The maximum atomic E-state index is 12.3. The van der Waals surface area contributed by atoms with E-state index in [9.17, 15) is 4.79 Å². The zero-order valence-electron chi connectivity index (χ0n) is 17.0. The van der Waals surface area contributed by atoms with Gasteiger partial charge in [-0.25, -0.2) is 0 Å². The van der Waals surface area contributed by atoms with Gasteiger partial charge in [-0.2, -0.15) is 0 Å². The molecule has 2 saturated heterocycles. The van der Waals surface area contributed by atoms with Crippen LogP contribution >= 0.6 is 24.8 Å². The summed E-state index contributed by atoms with van der Waals surface area (Å²) >= 11 is 0. The minimum absolute atomic E-state index is 0. The Bertz CT molecular complexity index is 739. The van der Waals surface area contributed by atoms with Gasteiger partial charge in [0.15, 0.2) is 0 Å². The molecule has 0 unspecified atom stereocenters. The van der Waals surface area contributed by atoms with Gasteiger partial charge in [-0.1, -0.05) is 60.7 Å². The minimum Gasteiger partial charge on any atom is -0.396 e. The second-order valence-corrected chi connectivity index (χ2v) is 7.73. The number of nitrogens with one attached hydrogen (secondary N) is 1. The van der Waals surface area contributed by atoms with Gasteiger partial charge in [0.2, 0.25) is 5.91 Å². The average molecular weight is 452 g/mol. The van der Waals surface area contributed by atoms with Crippen molar-refractivity contribution < 1.29 is 9.90 Å². The normalized spacial score (nSPS) is 21.3. The molecule has 4 rings (SSSR count). The number of fused-ring (bicyclic) bond motifs is 1. The molecule has 164 valence electrons. The van der Waals surface area contributed by atoms with Crippen molar-refractivity contribution in [2.75, 3.05) is 39.3 Å². The summed E-state index contributed by atoms with van der Waals surface area (Å²) in [4.78, 5) is 16.8. The van der Waals surface area contributed by atoms with Gasteiger partial charge in [-0.15, -0.1) is 24.8 Å². The van der Waals surface area contributed by atoms with Crippen LogP contribution in [0.15, 0.2) is 60.7 Å². The third kappa shape index (κ3) is 5.34. The summed E-state index contributed by atoms with van der Waals surface area (Å²) in [5.41, 5.74) is 2.67. The van der Waals surface area contributed by atoms with Crippen LogP contribution < -0.4 is 5.32 Å². The Hall–Kier alpha value is -1.63. The highest BCUT2D eigenvalue weighted by atomic mass is 35.5. The molecule has 30 heavy (non-hydrogen) atoms. The molecular formula is C23H31Cl2N3O2. The van der Waals surface area contributed by atoms with Crippen molar-refractivity contribution in [2.45, 2.75) is 24.4 Å². The number of hydrogen-bond donors (Lipinski definition) is 2. The highest BCUT2D eigenvalue weighted by Gasteiger charge is 2.40. The fourth-order valence-corrected chi connectivity index (χ4v) is 4.75. The van der Waals surface area contributed by atoms with E-state index in [-0.39, 0.29) is 49.7 Å². The number of carbonyl (C=O) groups is 1. The molecule has 7 heteroatoms. The maximum absolute atomic E-state index is 12.3. The van der Waals surface area contributed by atoms with Gasteiger partial charge in [-0.3, -0.25) is 9.69 Å². The van der Waals surface area contributed by atoms with Crippen molar-refractivity contribution in [2.24, 2.45) is 0 Å². The van der Waals surface area contributed by atoms with Gasteiger partial charge in [0.1, 0.15) is 0 Å². The van der Waals surface area contributed by atoms with Gasteiger partial charge < -0.3 is 15.3 Å². The molecule has 2 fully saturated rings. The number of piperazine rings is 2. The fraction of sp³-hybridized carbons (Fsp3) is 0.435. The zero-order valence-corrected chi connectivity index (χ0v) is 18.7. The van der Waals surface area contributed by atoms with Gasteiger partial charge in [-0.05, 0) is 11.1 Å². The molecule has 2 aliphatic heterocycles. The van der Waals surface area contributed by atoms with Crippen molar-refractivity contribution in [3.05, 3.63) is 71.8 Å². The fourth-order valence-electron chi connectivity index (χ4n) is 4.75. The summed E-state index contributed by atoms with van der Waals surface area (Å²) < 4.78 is 0. The number of carbonyl (C=O) groups excluding carboxylic acids is 1. The predicted molar refractivity (Wildman–Crippen MR) is 125 cm³/mol. The number of amides is 1. The highest BCUT2D eigenvalue weighted by molar-refractivity contribution is 5.85. The maximum Gasteiger partial charge on any atom is 0.224 e. The number of aliphatic hydroxyl groups excluding tert-OH is 1. The minimum atomic E-state index is -0.0747. The molecule has 0 aliphatic carbocycles. The van der Waals surface area contributed by atoms with E-state index in [4.69, 9.17) is 5.11 Å². The molecule has 5 nitrogen and oxygen atoms in total. The molecule has 2 aromatic rings. The van der Waals surface area contributed by atoms with E-state index >= 15 is 0 Å². The summed E-state index contributed by atoms with van der Waals surface area (Å²) in [6, 6.07) is 22.2. The first kappa shape index (κ1) is 24.6. The number of benzene rings is 2. The van der Waals surface area contributed by atoms with Crippen LogP contribution in [0.2, 0.25) is 0 Å². The van der Waals surface area contributed by atoms with Gasteiger partial charge in [0, 0.05) is 57.1 Å². The van der Waals surface area contributed by atoms with Crippen molar-refractivity contribution in [3.8, 4) is 0 Å². The molecule has 2 heterocycles. The Morgan fingerprint density at radius 3 is 2.13 bits per heavy atom. The highest BCUT2D eigenvalue weighted by Crippen LogP contribution is 2.33. The van der Waals surface area contributed by atoms with E-state index < -0.39 is 0 Å². The monoisotopic (exact) mass is 451 g/mol. The van der Waals surface area contributed by atoms with Crippen LogP contribution in [-0.2, 0) is 4.79 Å². The van der Waals surface area contributed by atoms with Crippen molar-refractivity contribution in [3.63, 3.8) is 0 Å². The topological polar surface area (TPSA) is 55.8 Å². The lowest BCUT2D eigenvalue weighted by Gasteiger charge is -2.50. The van der Waals surface area contributed by atoms with Crippen LogP contribution in [0.4, 0.5) is 0 Å². The summed E-state index contributed by atoms with van der Waals surface area (Å²) in [5.74, 6) is 0.351. The van der Waals surface area contributed by atoms with Crippen molar-refractivity contribution in [1.82, 2.24) is 15.1 Å². The Kier molecular flexibility index (Phi) is 9.59. The van der Waals surface area contributed by atoms with E-state index in [2.05, 4.69) is 70.9 Å². The molecule has 1 amide bonds. The Balaban J connectivity index is 0.00000160. The summed E-state index contributed by atoms with van der Waals surface area (Å²) in [6.45, 7) is 4.12. The lowest BCUT2D eigenvalue weighted by atomic mass is 9.82. The van der Waals surface area contributed by atoms with Crippen LogP contribution in [0.5, 0.6) is 0 Å². The number of rotatable bonds is 5. The van der Waals surface area contributed by atoms with Gasteiger partial charge in [0.25, 0.3) is 0 Å². The Morgan fingerprint density at radius 1 is 0.967 bits per heavy atom. The molecule has 2 aromatic carbocycles. The summed E-state index contributed by atoms with van der Waals surface area (Å²) in [7, 11) is 0. The van der Waals surface area contributed by atoms with E-state index in [1.54, 1.807) is 0 Å². The van der Waals surface area contributed by atoms with E-state index in [0.717, 1.165) is 32.7 Å². The molecule has 2 aliphatic rings. The molecule has 0 radical (unpaired) electrons. The van der Waals surface area contributed by atoms with Crippen LogP contribution in [0.3, 0.4) is 0 Å². The van der Waals surface area contributed by atoms with Crippen LogP contribution in [0, 0.1) is 0 Å². The first-order valence-corrected chi connectivity index (χ1v) is 10.2. The molecule has 0 aromatic heterocycles. The zero-order chi connectivity index (χ0) is 19.3. The number of halogens is 2. The van der Waals surface area contributed by atoms with Crippen LogP contribution in [0.1, 0.15) is 23.5 Å². The Morgan fingerprint density at radius 2 is 1.57 bits per heavy atom. The van der Waals surface area contributed by atoms with E-state index in [1.807, 2.05) is 4.90 Å². The van der Waals surface area contributed by atoms with Gasteiger partial charge >= 0.3 is 0 Å². The molecule has 2 N–H and O–H groups in total. The lowest BCUT2D eigenvalue weighted by molar-refractivity contribution is -0.136. The average Bonchev–Trinajstić information content (AvgIpc) is 2.75. The largest absolute Gasteiger partial charge is 0.396 e. The number of nitrogens with zero attached hydrogens (tertiary/aromatic N) is 2. The van der Waals surface area contributed by atoms with Crippen molar-refractivity contribution >= 4 is 30.7 Å². The number of aliphatic hydroxyl groups is 1. The standard InChI is InChI=1S/C23H29N3O2.2ClH/c27-14-11-22(28)25-12-13-26-20(17-25)15-24-16-21(26)23(18-7-3-1-4-8-18)19-9-5-2-6-10-19;;/h1-10,20-21,23-24,27H,11-17H2;2*1H/t20-,21+;;/m1../s1. The molecule has 2 atom stereocenters. The SMILES string of the molecule is Cl.Cl.O=C(CCO)N1CCN2[C@H](CNC[C@H]2C(c2ccccc2)c2ccccc2)C1. The number of hydrogen-bond acceptors (Lipinski definition) is 4. The van der Waals surface area contributed by atoms with Crippen molar-refractivity contribution in [1.29, 1.82) is 0 Å². The third-order valence-electron chi connectivity index (χ3n) is 6.07. The summed E-state index contributed by atoms with van der Waals surface area (Å²) in [5, 5.41) is 12.7.